The molecule has 1 aromatic carbocycles. The number of ether oxygens (including phenoxy) is 1. The maximum atomic E-state index is 13.5. The molecule has 0 radical (unpaired) electrons. The van der Waals surface area contributed by atoms with Gasteiger partial charge < -0.3 is 9.64 Å². The summed E-state index contributed by atoms with van der Waals surface area (Å²) in [6.07, 6.45) is -0.131. The third-order valence-electron chi connectivity index (χ3n) is 3.28. The van der Waals surface area contributed by atoms with Crippen LogP contribution in [0, 0.1) is 11.7 Å². The predicted octanol–water partition coefficient (Wildman–Crippen LogP) is 0.569. The Bertz CT molecular complexity index is 558. The molecular weight excluding hydrogens is 265 g/mol. The standard InChI is InChI=1S/C14H14FNO4/c1-20-14(19)10-7-16(8-12(10)17)13(18)6-9-4-2-3-5-11(9)15/h2-5,10H,6-8H2,1H3. The molecule has 1 saturated heterocycles. The first-order chi connectivity index (χ1) is 9.52. The van der Waals surface area contributed by atoms with Crippen molar-refractivity contribution in [2.75, 3.05) is 20.2 Å². The van der Waals surface area contributed by atoms with E-state index >= 15 is 0 Å². The van der Waals surface area contributed by atoms with Crippen molar-refractivity contribution in [1.29, 1.82) is 0 Å². The maximum absolute atomic E-state index is 13.5. The van der Waals surface area contributed by atoms with Crippen LogP contribution < -0.4 is 0 Å². The number of carbonyl (C=O) groups excluding carboxylic acids is 3. The highest BCUT2D eigenvalue weighted by molar-refractivity contribution is 6.04. The van der Waals surface area contributed by atoms with Gasteiger partial charge in [0.25, 0.3) is 0 Å². The average molecular weight is 279 g/mol. The summed E-state index contributed by atoms with van der Waals surface area (Å²) in [6, 6.07) is 5.96. The Balaban J connectivity index is 2.03. The first-order valence-electron chi connectivity index (χ1n) is 6.14. The summed E-state index contributed by atoms with van der Waals surface area (Å²) in [5.74, 6) is -2.76. The Labute approximate surface area is 115 Å². The van der Waals surface area contributed by atoms with Gasteiger partial charge >= 0.3 is 5.97 Å². The zero-order valence-corrected chi connectivity index (χ0v) is 11.0. The van der Waals surface area contributed by atoms with Crippen molar-refractivity contribution in [2.24, 2.45) is 5.92 Å². The third kappa shape index (κ3) is 2.84. The summed E-state index contributed by atoms with van der Waals surface area (Å²) in [4.78, 5) is 36.3. The lowest BCUT2D eigenvalue weighted by Gasteiger charge is -2.15. The van der Waals surface area contributed by atoms with Crippen LogP contribution in [-0.4, -0.2) is 42.8 Å². The van der Waals surface area contributed by atoms with Crippen molar-refractivity contribution in [3.05, 3.63) is 35.6 Å². The number of halogens is 1. The van der Waals surface area contributed by atoms with E-state index in [9.17, 15) is 18.8 Å². The molecule has 0 saturated carbocycles. The molecule has 0 aliphatic carbocycles. The van der Waals surface area contributed by atoms with Crippen molar-refractivity contribution in [3.8, 4) is 0 Å². The van der Waals surface area contributed by atoms with Crippen molar-refractivity contribution in [3.63, 3.8) is 0 Å². The van der Waals surface area contributed by atoms with Crippen LogP contribution in [0.2, 0.25) is 0 Å². The summed E-state index contributed by atoms with van der Waals surface area (Å²) in [5.41, 5.74) is 0.270. The van der Waals surface area contributed by atoms with Crippen molar-refractivity contribution >= 4 is 17.7 Å². The molecule has 1 unspecified atom stereocenters. The fraction of sp³-hybridized carbons (Fsp3) is 0.357. The minimum Gasteiger partial charge on any atom is -0.468 e. The van der Waals surface area contributed by atoms with Gasteiger partial charge in [-0.2, -0.15) is 0 Å². The van der Waals surface area contributed by atoms with Crippen LogP contribution in [0.3, 0.4) is 0 Å². The largest absolute Gasteiger partial charge is 0.468 e. The molecule has 106 valence electrons. The molecule has 0 bridgehead atoms. The molecule has 5 nitrogen and oxygen atoms in total. The van der Waals surface area contributed by atoms with E-state index in [4.69, 9.17) is 0 Å². The molecule has 0 aromatic heterocycles. The van der Waals surface area contributed by atoms with Gasteiger partial charge in [0.2, 0.25) is 5.91 Å². The summed E-state index contributed by atoms with van der Waals surface area (Å²) >= 11 is 0. The minimum absolute atomic E-state index is 0.00120. The van der Waals surface area contributed by atoms with Gasteiger partial charge in [0.15, 0.2) is 5.78 Å². The van der Waals surface area contributed by atoms with E-state index in [1.807, 2.05) is 0 Å². The van der Waals surface area contributed by atoms with Gasteiger partial charge in [-0.3, -0.25) is 14.4 Å². The molecule has 1 atom stereocenters. The van der Waals surface area contributed by atoms with Crippen LogP contribution in [0.5, 0.6) is 0 Å². The summed E-state index contributed by atoms with van der Waals surface area (Å²) in [7, 11) is 1.19. The van der Waals surface area contributed by atoms with E-state index in [1.54, 1.807) is 6.07 Å². The lowest BCUT2D eigenvalue weighted by atomic mass is 10.1. The average Bonchev–Trinajstić information content (AvgIpc) is 2.82. The smallest absolute Gasteiger partial charge is 0.318 e. The zero-order valence-electron chi connectivity index (χ0n) is 11.0. The fourth-order valence-corrected chi connectivity index (χ4v) is 2.14. The third-order valence-corrected chi connectivity index (χ3v) is 3.28. The van der Waals surface area contributed by atoms with Crippen molar-refractivity contribution in [1.82, 2.24) is 4.90 Å². The Morgan fingerprint density at radius 2 is 2.10 bits per heavy atom. The van der Waals surface area contributed by atoms with E-state index in [2.05, 4.69) is 4.74 Å². The van der Waals surface area contributed by atoms with Crippen LogP contribution in [0.1, 0.15) is 5.56 Å². The highest BCUT2D eigenvalue weighted by Gasteiger charge is 2.38. The van der Waals surface area contributed by atoms with Crippen LogP contribution in [0.25, 0.3) is 0 Å². The van der Waals surface area contributed by atoms with Gasteiger partial charge in [-0.25, -0.2) is 4.39 Å². The highest BCUT2D eigenvalue weighted by atomic mass is 19.1. The van der Waals surface area contributed by atoms with Gasteiger partial charge in [-0.05, 0) is 11.6 Å². The quantitative estimate of drug-likeness (QED) is 0.599. The Morgan fingerprint density at radius 3 is 2.75 bits per heavy atom. The van der Waals surface area contributed by atoms with Crippen LogP contribution >= 0.6 is 0 Å². The van der Waals surface area contributed by atoms with Crippen LogP contribution in [-0.2, 0) is 25.5 Å². The zero-order chi connectivity index (χ0) is 14.7. The topological polar surface area (TPSA) is 63.7 Å². The number of rotatable bonds is 3. The van der Waals surface area contributed by atoms with Crippen LogP contribution in [0.15, 0.2) is 24.3 Å². The van der Waals surface area contributed by atoms with E-state index in [0.29, 0.717) is 0 Å². The fourth-order valence-electron chi connectivity index (χ4n) is 2.14. The van der Waals surface area contributed by atoms with Crippen molar-refractivity contribution < 1.29 is 23.5 Å². The second-order valence-electron chi connectivity index (χ2n) is 4.58. The van der Waals surface area contributed by atoms with E-state index in [1.165, 1.54) is 30.2 Å². The van der Waals surface area contributed by atoms with Crippen LogP contribution in [0.4, 0.5) is 4.39 Å². The number of likely N-dealkylation sites (tertiary alicyclic amines) is 1. The van der Waals surface area contributed by atoms with E-state index < -0.39 is 17.7 Å². The Morgan fingerprint density at radius 1 is 1.40 bits per heavy atom. The number of carbonyl (C=O) groups is 3. The molecule has 2 rings (SSSR count). The normalized spacial score (nSPS) is 18.2. The summed E-state index contributed by atoms with van der Waals surface area (Å²) in [5, 5.41) is 0. The van der Waals surface area contributed by atoms with Gasteiger partial charge in [-0.15, -0.1) is 0 Å². The molecule has 6 heteroatoms. The van der Waals surface area contributed by atoms with E-state index in [-0.39, 0.29) is 36.8 Å². The number of esters is 1. The minimum atomic E-state index is -0.926. The molecule has 0 spiro atoms. The molecule has 1 amide bonds. The lowest BCUT2D eigenvalue weighted by molar-refractivity contribution is -0.147. The number of amides is 1. The molecule has 1 aromatic rings. The van der Waals surface area contributed by atoms with Gasteiger partial charge in [0.05, 0.1) is 20.1 Å². The number of hydrogen-bond acceptors (Lipinski definition) is 4. The maximum Gasteiger partial charge on any atom is 0.318 e. The second kappa shape index (κ2) is 5.81. The van der Waals surface area contributed by atoms with Gasteiger partial charge in [-0.1, -0.05) is 18.2 Å². The van der Waals surface area contributed by atoms with Gasteiger partial charge in [0.1, 0.15) is 11.7 Å². The SMILES string of the molecule is COC(=O)C1CN(C(=O)Cc2ccccc2F)CC1=O. The predicted molar refractivity (Wildman–Crippen MR) is 67.2 cm³/mol. The highest BCUT2D eigenvalue weighted by Crippen LogP contribution is 2.16. The number of methoxy groups -OCH3 is 1. The summed E-state index contributed by atoms with van der Waals surface area (Å²) < 4.78 is 18.0. The molecule has 1 heterocycles. The first-order valence-corrected chi connectivity index (χ1v) is 6.14. The second-order valence-corrected chi connectivity index (χ2v) is 4.58. The molecule has 20 heavy (non-hydrogen) atoms. The number of Topliss-reactive ketones (excluding diaryl/α,β-unsaturated/α-hetero) is 1. The molecule has 0 N–H and O–H groups in total. The summed E-state index contributed by atoms with van der Waals surface area (Å²) in [6.45, 7) is -0.133. The number of nitrogens with zero attached hydrogens (tertiary/aromatic N) is 1. The number of hydrogen-bond donors (Lipinski definition) is 0. The van der Waals surface area contributed by atoms with E-state index in [0.717, 1.165) is 0 Å². The number of benzene rings is 1. The van der Waals surface area contributed by atoms with Crippen molar-refractivity contribution in [2.45, 2.75) is 6.42 Å². The van der Waals surface area contributed by atoms with Gasteiger partial charge in [0, 0.05) is 6.54 Å². The molecule has 1 aliphatic heterocycles. The first kappa shape index (κ1) is 14.2. The molecular formula is C14H14FNO4. The number of ketones is 1. The Kier molecular flexibility index (Phi) is 4.12. The Hall–Kier alpha value is -2.24. The molecule has 1 aliphatic rings. The monoisotopic (exact) mass is 279 g/mol. The molecule has 1 fully saturated rings. The lowest BCUT2D eigenvalue weighted by Crippen LogP contribution is -2.31.